The molecule has 2 saturated heterocycles. The quantitative estimate of drug-likeness (QED) is 0.460. The third-order valence-electron chi connectivity index (χ3n) is 7.67. The summed E-state index contributed by atoms with van der Waals surface area (Å²) in [7, 11) is 0. The number of amides is 1. The monoisotopic (exact) mass is 511 g/mol. The molecule has 0 aliphatic carbocycles. The van der Waals surface area contributed by atoms with E-state index >= 15 is 0 Å². The van der Waals surface area contributed by atoms with E-state index in [0.717, 1.165) is 35.4 Å². The zero-order valence-corrected chi connectivity index (χ0v) is 21.5. The number of halogens is 2. The first-order valence-corrected chi connectivity index (χ1v) is 13.2. The molecule has 2 aliphatic rings. The summed E-state index contributed by atoms with van der Waals surface area (Å²) in [6.45, 7) is 8.02. The molecule has 0 spiro atoms. The minimum absolute atomic E-state index is 0.418. The van der Waals surface area contributed by atoms with Crippen LogP contribution < -0.4 is 4.90 Å². The number of piperidine rings is 1. The van der Waals surface area contributed by atoms with Crippen LogP contribution >= 0.6 is 0 Å². The first-order chi connectivity index (χ1) is 17.9. The van der Waals surface area contributed by atoms with Gasteiger partial charge in [-0.1, -0.05) is 24.3 Å². The van der Waals surface area contributed by atoms with Gasteiger partial charge in [0.15, 0.2) is 6.61 Å². The van der Waals surface area contributed by atoms with Crippen molar-refractivity contribution in [3.8, 4) is 11.1 Å². The van der Waals surface area contributed by atoms with E-state index in [1.807, 2.05) is 16.8 Å². The molecule has 0 atom stereocenters. The second-order valence-corrected chi connectivity index (χ2v) is 10.2. The third kappa shape index (κ3) is 5.71. The molecule has 198 valence electrons. The summed E-state index contributed by atoms with van der Waals surface area (Å²) in [5.74, 6) is 0.622. The molecular formula is C28H35F2N5O2. The highest BCUT2D eigenvalue weighted by molar-refractivity contribution is 5.80. The average Bonchev–Trinajstić information content (AvgIpc) is 3.36. The number of fused-ring (bicyclic) bond motifs is 1. The molecule has 5 rings (SSSR count). The van der Waals surface area contributed by atoms with Crippen LogP contribution in [0.3, 0.4) is 0 Å². The van der Waals surface area contributed by atoms with E-state index in [2.05, 4.69) is 63.8 Å². The number of alkyl halides is 2. The fourth-order valence-corrected chi connectivity index (χ4v) is 5.48. The van der Waals surface area contributed by atoms with Crippen molar-refractivity contribution in [3.63, 3.8) is 0 Å². The fourth-order valence-electron chi connectivity index (χ4n) is 5.48. The smallest absolute Gasteiger partial charge is 0.410 e. The zero-order valence-electron chi connectivity index (χ0n) is 21.5. The Morgan fingerprint density at radius 3 is 2.35 bits per heavy atom. The molecule has 0 radical (unpaired) electrons. The van der Waals surface area contributed by atoms with Gasteiger partial charge < -0.3 is 19.4 Å². The van der Waals surface area contributed by atoms with Crippen LogP contribution in [0, 0.1) is 0 Å². The summed E-state index contributed by atoms with van der Waals surface area (Å²) in [6, 6.07) is 13.7. The highest BCUT2D eigenvalue weighted by Gasteiger charge is 2.25. The lowest BCUT2D eigenvalue weighted by Crippen LogP contribution is -2.49. The van der Waals surface area contributed by atoms with Crippen molar-refractivity contribution >= 4 is 17.3 Å². The standard InChI is InChI=1S/C28H35F2N5O2/c1-20(2)32-11-8-23(9-12-32)21-3-5-22(6-4-21)24-17-26-25(7-10-31-35(26)18-24)33-13-15-34(16-14-33)28(36)37-19-27(29)30/h3-7,10,17-18,20,23,27H,8-9,11-16,19H2,1-2H3. The second-order valence-electron chi connectivity index (χ2n) is 10.2. The Hall–Kier alpha value is -3.20. The van der Waals surface area contributed by atoms with Crippen molar-refractivity contribution in [2.24, 2.45) is 0 Å². The minimum Gasteiger partial charge on any atom is -0.443 e. The topological polar surface area (TPSA) is 53.3 Å². The van der Waals surface area contributed by atoms with E-state index in [9.17, 15) is 13.6 Å². The van der Waals surface area contributed by atoms with Crippen molar-refractivity contribution < 1.29 is 18.3 Å². The number of piperazine rings is 1. The van der Waals surface area contributed by atoms with Gasteiger partial charge in [0.1, 0.15) is 0 Å². The van der Waals surface area contributed by atoms with Crippen LogP contribution in [-0.2, 0) is 4.74 Å². The number of rotatable bonds is 6. The number of likely N-dealkylation sites (tertiary alicyclic amines) is 1. The van der Waals surface area contributed by atoms with Gasteiger partial charge in [-0.15, -0.1) is 0 Å². The van der Waals surface area contributed by atoms with Crippen LogP contribution in [0.4, 0.5) is 19.3 Å². The molecule has 9 heteroatoms. The number of benzene rings is 1. The van der Waals surface area contributed by atoms with E-state index in [0.29, 0.717) is 38.1 Å². The lowest BCUT2D eigenvalue weighted by Gasteiger charge is -2.35. The Labute approximate surface area is 216 Å². The first kappa shape index (κ1) is 25.4. The highest BCUT2D eigenvalue weighted by atomic mass is 19.3. The maximum Gasteiger partial charge on any atom is 0.410 e. The van der Waals surface area contributed by atoms with Gasteiger partial charge in [-0.05, 0) is 69.0 Å². The van der Waals surface area contributed by atoms with Gasteiger partial charge in [0.05, 0.1) is 11.2 Å². The van der Waals surface area contributed by atoms with Gasteiger partial charge >= 0.3 is 6.09 Å². The molecule has 0 unspecified atom stereocenters. The molecule has 0 N–H and O–H groups in total. The Morgan fingerprint density at radius 1 is 1.00 bits per heavy atom. The van der Waals surface area contributed by atoms with Crippen molar-refractivity contribution in [1.29, 1.82) is 0 Å². The highest BCUT2D eigenvalue weighted by Crippen LogP contribution is 2.32. The fraction of sp³-hybridized carbons (Fsp3) is 0.500. The Balaban J connectivity index is 1.26. The molecule has 37 heavy (non-hydrogen) atoms. The summed E-state index contributed by atoms with van der Waals surface area (Å²) < 4.78 is 31.3. The van der Waals surface area contributed by atoms with Gasteiger partial charge in [0, 0.05) is 50.2 Å². The lowest BCUT2D eigenvalue weighted by molar-refractivity contribution is 0.0311. The van der Waals surface area contributed by atoms with Gasteiger partial charge in [-0.25, -0.2) is 18.1 Å². The largest absolute Gasteiger partial charge is 0.443 e. The van der Waals surface area contributed by atoms with Gasteiger partial charge in [0.25, 0.3) is 6.43 Å². The van der Waals surface area contributed by atoms with E-state index in [1.54, 1.807) is 6.20 Å². The van der Waals surface area contributed by atoms with Gasteiger partial charge in [-0.3, -0.25) is 0 Å². The number of ether oxygens (including phenoxy) is 1. The van der Waals surface area contributed by atoms with E-state index in [4.69, 9.17) is 0 Å². The van der Waals surface area contributed by atoms with Crippen molar-refractivity contribution in [2.45, 2.75) is 45.1 Å². The minimum atomic E-state index is -2.65. The average molecular weight is 512 g/mol. The molecule has 2 fully saturated rings. The molecule has 4 heterocycles. The SMILES string of the molecule is CC(C)N1CCC(c2ccc(-c3cc4c(N5CCN(C(=O)OCC(F)F)CC5)ccnn4c3)cc2)CC1. The molecule has 1 aromatic carbocycles. The molecule has 3 aromatic rings. The molecule has 1 amide bonds. The van der Waals surface area contributed by atoms with Crippen LogP contribution in [0.2, 0.25) is 0 Å². The predicted molar refractivity (Wildman–Crippen MR) is 140 cm³/mol. The second kappa shape index (κ2) is 11.0. The van der Waals surface area contributed by atoms with Gasteiger partial charge in [0.2, 0.25) is 0 Å². The van der Waals surface area contributed by atoms with Crippen molar-refractivity contribution in [1.82, 2.24) is 19.4 Å². The zero-order chi connectivity index (χ0) is 25.9. The first-order valence-electron chi connectivity index (χ1n) is 13.2. The molecule has 7 nitrogen and oxygen atoms in total. The van der Waals surface area contributed by atoms with Crippen molar-refractivity contribution in [3.05, 3.63) is 54.4 Å². The number of anilines is 1. The predicted octanol–water partition coefficient (Wildman–Crippen LogP) is 5.11. The van der Waals surface area contributed by atoms with E-state index in [1.165, 1.54) is 23.3 Å². The van der Waals surface area contributed by atoms with Gasteiger partial charge in [-0.2, -0.15) is 5.10 Å². The summed E-state index contributed by atoms with van der Waals surface area (Å²) in [5.41, 5.74) is 5.72. The Bertz CT molecular complexity index is 1200. The van der Waals surface area contributed by atoms with Crippen LogP contribution in [0.1, 0.15) is 38.2 Å². The number of carbonyl (C=O) groups excluding carboxylic acids is 1. The molecule has 0 bridgehead atoms. The summed E-state index contributed by atoms with van der Waals surface area (Å²) in [5, 5.41) is 4.51. The number of hydrogen-bond donors (Lipinski definition) is 0. The third-order valence-corrected chi connectivity index (χ3v) is 7.67. The normalized spacial score (nSPS) is 17.8. The van der Waals surface area contributed by atoms with Crippen LogP contribution in [0.5, 0.6) is 0 Å². The summed E-state index contributed by atoms with van der Waals surface area (Å²) in [4.78, 5) is 18.3. The molecule has 2 aromatic heterocycles. The molecule has 0 saturated carbocycles. The maximum atomic E-state index is 12.3. The molecule has 2 aliphatic heterocycles. The Morgan fingerprint density at radius 2 is 1.70 bits per heavy atom. The van der Waals surface area contributed by atoms with E-state index < -0.39 is 19.1 Å². The number of hydrogen-bond acceptors (Lipinski definition) is 5. The maximum absolute atomic E-state index is 12.3. The molecular weight excluding hydrogens is 476 g/mol. The summed E-state index contributed by atoms with van der Waals surface area (Å²) in [6.07, 6.45) is 2.90. The number of nitrogens with zero attached hydrogens (tertiary/aromatic N) is 5. The van der Waals surface area contributed by atoms with Crippen LogP contribution in [0.15, 0.2) is 48.8 Å². The number of aromatic nitrogens is 2. The summed E-state index contributed by atoms with van der Waals surface area (Å²) >= 11 is 0. The number of carbonyl (C=O) groups is 1. The van der Waals surface area contributed by atoms with Crippen LogP contribution in [-0.4, -0.2) is 83.8 Å². The van der Waals surface area contributed by atoms with Crippen LogP contribution in [0.25, 0.3) is 16.6 Å². The Kier molecular flexibility index (Phi) is 7.60. The lowest BCUT2D eigenvalue weighted by atomic mass is 9.88. The van der Waals surface area contributed by atoms with Crippen molar-refractivity contribution in [2.75, 3.05) is 50.8 Å². The van der Waals surface area contributed by atoms with E-state index in [-0.39, 0.29) is 0 Å².